The molecule has 0 bridgehead atoms. The quantitative estimate of drug-likeness (QED) is 0.677. The Bertz CT molecular complexity index is 858. The highest BCUT2D eigenvalue weighted by Gasteiger charge is 2.20. The highest BCUT2D eigenvalue weighted by atomic mass is 15.3. The lowest BCUT2D eigenvalue weighted by molar-refractivity contribution is 0.442. The summed E-state index contributed by atoms with van der Waals surface area (Å²) >= 11 is 0. The van der Waals surface area contributed by atoms with Gasteiger partial charge in [-0.3, -0.25) is 0 Å². The standard InChI is InChI=1S/C21H23N3/c1-15-10-11-19-18(13-15)20(17-8-4-3-5-9-17)23-21(22-19)24-12-6-7-16(2)14-24/h3-5,8-11,13,16H,6-7,12,14H2,1-2H3/t16-/m0/s1. The summed E-state index contributed by atoms with van der Waals surface area (Å²) < 4.78 is 0. The van der Waals surface area contributed by atoms with Gasteiger partial charge in [-0.1, -0.05) is 48.9 Å². The van der Waals surface area contributed by atoms with Gasteiger partial charge in [0.05, 0.1) is 11.2 Å². The van der Waals surface area contributed by atoms with Gasteiger partial charge in [0.2, 0.25) is 5.95 Å². The van der Waals surface area contributed by atoms with Gasteiger partial charge in [0.15, 0.2) is 0 Å². The molecule has 1 fully saturated rings. The first kappa shape index (κ1) is 15.1. The van der Waals surface area contributed by atoms with Crippen molar-refractivity contribution >= 4 is 16.9 Å². The molecule has 3 heteroatoms. The first-order chi connectivity index (χ1) is 11.7. The van der Waals surface area contributed by atoms with Crippen molar-refractivity contribution in [1.29, 1.82) is 0 Å². The minimum Gasteiger partial charge on any atom is -0.341 e. The summed E-state index contributed by atoms with van der Waals surface area (Å²) in [6.07, 6.45) is 2.52. The number of aryl methyl sites for hydroxylation is 1. The van der Waals surface area contributed by atoms with Crippen LogP contribution in [0, 0.1) is 12.8 Å². The molecule has 0 saturated carbocycles. The zero-order valence-electron chi connectivity index (χ0n) is 14.4. The van der Waals surface area contributed by atoms with Crippen molar-refractivity contribution in [1.82, 2.24) is 9.97 Å². The maximum atomic E-state index is 4.99. The normalized spacial score (nSPS) is 18.1. The van der Waals surface area contributed by atoms with Gasteiger partial charge in [-0.25, -0.2) is 9.97 Å². The fourth-order valence-corrected chi connectivity index (χ4v) is 3.56. The van der Waals surface area contributed by atoms with Crippen molar-refractivity contribution in [3.63, 3.8) is 0 Å². The molecule has 24 heavy (non-hydrogen) atoms. The van der Waals surface area contributed by atoms with Crippen LogP contribution in [0.3, 0.4) is 0 Å². The molecule has 1 aliphatic heterocycles. The number of piperidine rings is 1. The molecule has 0 amide bonds. The van der Waals surface area contributed by atoms with Crippen LogP contribution >= 0.6 is 0 Å². The van der Waals surface area contributed by atoms with Crippen molar-refractivity contribution < 1.29 is 0 Å². The third kappa shape index (κ3) is 2.86. The van der Waals surface area contributed by atoms with Gasteiger partial charge in [-0.2, -0.15) is 0 Å². The van der Waals surface area contributed by atoms with E-state index in [1.807, 2.05) is 6.07 Å². The van der Waals surface area contributed by atoms with E-state index in [1.54, 1.807) is 0 Å². The van der Waals surface area contributed by atoms with Gasteiger partial charge in [0, 0.05) is 24.0 Å². The first-order valence-corrected chi connectivity index (χ1v) is 8.79. The van der Waals surface area contributed by atoms with E-state index < -0.39 is 0 Å². The molecule has 3 nitrogen and oxygen atoms in total. The molecule has 0 unspecified atom stereocenters. The van der Waals surface area contributed by atoms with Crippen LogP contribution in [0.1, 0.15) is 25.3 Å². The highest BCUT2D eigenvalue weighted by molar-refractivity contribution is 5.93. The third-order valence-corrected chi connectivity index (χ3v) is 4.83. The van der Waals surface area contributed by atoms with Gasteiger partial charge >= 0.3 is 0 Å². The molecule has 0 radical (unpaired) electrons. The monoisotopic (exact) mass is 317 g/mol. The fraction of sp³-hybridized carbons (Fsp3) is 0.333. The summed E-state index contributed by atoms with van der Waals surface area (Å²) in [5, 5.41) is 1.13. The molecule has 0 spiro atoms. The minimum absolute atomic E-state index is 0.705. The Morgan fingerprint density at radius 3 is 2.67 bits per heavy atom. The third-order valence-electron chi connectivity index (χ3n) is 4.83. The molecule has 3 aromatic rings. The van der Waals surface area contributed by atoms with Crippen molar-refractivity contribution in [2.45, 2.75) is 26.7 Å². The molecular weight excluding hydrogens is 294 g/mol. The fourth-order valence-electron chi connectivity index (χ4n) is 3.56. The minimum atomic E-state index is 0.705. The largest absolute Gasteiger partial charge is 0.341 e. The smallest absolute Gasteiger partial charge is 0.226 e. The summed E-state index contributed by atoms with van der Waals surface area (Å²) in [4.78, 5) is 12.2. The zero-order chi connectivity index (χ0) is 16.5. The Kier molecular flexibility index (Phi) is 3.93. The number of rotatable bonds is 2. The number of hydrogen-bond acceptors (Lipinski definition) is 3. The van der Waals surface area contributed by atoms with Crippen LogP contribution in [-0.2, 0) is 0 Å². The summed E-state index contributed by atoms with van der Waals surface area (Å²) in [6, 6.07) is 16.9. The van der Waals surface area contributed by atoms with E-state index in [2.05, 4.69) is 61.2 Å². The topological polar surface area (TPSA) is 29.0 Å². The van der Waals surface area contributed by atoms with Crippen molar-refractivity contribution in [3.8, 4) is 11.3 Å². The number of nitrogens with zero attached hydrogens (tertiary/aromatic N) is 3. The van der Waals surface area contributed by atoms with Crippen LogP contribution in [0.2, 0.25) is 0 Å². The van der Waals surface area contributed by atoms with Crippen molar-refractivity contribution in [3.05, 3.63) is 54.1 Å². The van der Waals surface area contributed by atoms with Gasteiger partial charge in [0.1, 0.15) is 0 Å². The zero-order valence-corrected chi connectivity index (χ0v) is 14.4. The van der Waals surface area contributed by atoms with E-state index in [-0.39, 0.29) is 0 Å². The molecule has 1 aliphatic rings. The lowest BCUT2D eigenvalue weighted by atomic mass is 10.0. The van der Waals surface area contributed by atoms with E-state index >= 15 is 0 Å². The molecular formula is C21H23N3. The molecule has 1 aromatic heterocycles. The maximum absolute atomic E-state index is 4.99. The van der Waals surface area contributed by atoms with Crippen LogP contribution in [0.15, 0.2) is 48.5 Å². The van der Waals surface area contributed by atoms with E-state index in [0.29, 0.717) is 5.92 Å². The second-order valence-corrected chi connectivity index (χ2v) is 6.95. The summed E-state index contributed by atoms with van der Waals surface area (Å²) in [5.41, 5.74) is 4.46. The predicted molar refractivity (Wildman–Crippen MR) is 100 cm³/mol. The average Bonchev–Trinajstić information content (AvgIpc) is 2.61. The average molecular weight is 317 g/mol. The van der Waals surface area contributed by atoms with Crippen LogP contribution in [-0.4, -0.2) is 23.1 Å². The molecule has 1 atom stereocenters. The van der Waals surface area contributed by atoms with E-state index in [0.717, 1.165) is 41.2 Å². The lowest BCUT2D eigenvalue weighted by Gasteiger charge is -2.31. The molecule has 2 aromatic carbocycles. The second kappa shape index (κ2) is 6.23. The van der Waals surface area contributed by atoms with Gasteiger partial charge in [-0.15, -0.1) is 0 Å². The molecule has 0 N–H and O–H groups in total. The Hall–Kier alpha value is -2.42. The molecule has 1 saturated heterocycles. The first-order valence-electron chi connectivity index (χ1n) is 8.79. The van der Waals surface area contributed by atoms with Gasteiger partial charge in [0.25, 0.3) is 0 Å². The van der Waals surface area contributed by atoms with Crippen LogP contribution in [0.4, 0.5) is 5.95 Å². The SMILES string of the molecule is Cc1ccc2nc(N3CCC[C@H](C)C3)nc(-c3ccccc3)c2c1. The number of benzene rings is 2. The Morgan fingerprint density at radius 1 is 1.04 bits per heavy atom. The Balaban J connectivity index is 1.89. The molecule has 122 valence electrons. The predicted octanol–water partition coefficient (Wildman–Crippen LogP) is 4.84. The highest BCUT2D eigenvalue weighted by Crippen LogP contribution is 2.30. The second-order valence-electron chi connectivity index (χ2n) is 6.95. The van der Waals surface area contributed by atoms with Gasteiger partial charge in [-0.05, 0) is 37.8 Å². The molecule has 2 heterocycles. The summed E-state index contributed by atoms with van der Waals surface area (Å²) in [5.74, 6) is 1.58. The molecule has 4 rings (SSSR count). The number of fused-ring (bicyclic) bond motifs is 1. The molecule has 0 aliphatic carbocycles. The van der Waals surface area contributed by atoms with Crippen molar-refractivity contribution in [2.75, 3.05) is 18.0 Å². The number of anilines is 1. The van der Waals surface area contributed by atoms with Crippen LogP contribution < -0.4 is 4.90 Å². The van der Waals surface area contributed by atoms with Crippen LogP contribution in [0.25, 0.3) is 22.2 Å². The summed E-state index contributed by atoms with van der Waals surface area (Å²) in [7, 11) is 0. The summed E-state index contributed by atoms with van der Waals surface area (Å²) in [6.45, 7) is 6.53. The van der Waals surface area contributed by atoms with E-state index in [1.165, 1.54) is 18.4 Å². The van der Waals surface area contributed by atoms with E-state index in [4.69, 9.17) is 9.97 Å². The Morgan fingerprint density at radius 2 is 1.88 bits per heavy atom. The van der Waals surface area contributed by atoms with E-state index in [9.17, 15) is 0 Å². The lowest BCUT2D eigenvalue weighted by Crippen LogP contribution is -2.35. The van der Waals surface area contributed by atoms with Crippen LogP contribution in [0.5, 0.6) is 0 Å². The Labute approximate surface area is 143 Å². The maximum Gasteiger partial charge on any atom is 0.226 e. The number of hydrogen-bond donors (Lipinski definition) is 0. The van der Waals surface area contributed by atoms with Gasteiger partial charge < -0.3 is 4.90 Å². The van der Waals surface area contributed by atoms with Crippen molar-refractivity contribution in [2.24, 2.45) is 5.92 Å². The number of aromatic nitrogens is 2.